The third-order valence-electron chi connectivity index (χ3n) is 3.38. The average molecular weight is 248 g/mol. The topological polar surface area (TPSA) is 55.1 Å². The number of nitrogens with two attached hydrogens (primary N) is 1. The highest BCUT2D eigenvalue weighted by Crippen LogP contribution is 2.18. The van der Waals surface area contributed by atoms with Crippen molar-refractivity contribution < 1.29 is 4.79 Å². The van der Waals surface area contributed by atoms with Gasteiger partial charge in [-0.3, -0.25) is 4.79 Å². The Morgan fingerprint density at radius 3 is 2.50 bits per heavy atom. The molecular formula is C15H24N2O. The van der Waals surface area contributed by atoms with Gasteiger partial charge in [0.25, 0.3) is 0 Å². The van der Waals surface area contributed by atoms with Crippen molar-refractivity contribution in [2.75, 3.05) is 5.73 Å². The van der Waals surface area contributed by atoms with Crippen molar-refractivity contribution in [3.63, 3.8) is 0 Å². The number of amides is 1. The lowest BCUT2D eigenvalue weighted by atomic mass is 9.97. The predicted molar refractivity (Wildman–Crippen MR) is 76.3 cm³/mol. The number of hydrogen-bond donors (Lipinski definition) is 2. The van der Waals surface area contributed by atoms with Crippen LogP contribution in [0, 0.1) is 5.92 Å². The van der Waals surface area contributed by atoms with E-state index in [1.54, 1.807) is 0 Å². The number of carbonyl (C=O) groups is 1. The van der Waals surface area contributed by atoms with Crippen LogP contribution in [0.4, 0.5) is 5.69 Å². The number of hydrogen-bond acceptors (Lipinski definition) is 2. The van der Waals surface area contributed by atoms with Gasteiger partial charge in [-0.1, -0.05) is 32.9 Å². The zero-order valence-corrected chi connectivity index (χ0v) is 11.7. The SMILES string of the molecule is CCC(NC(=O)C(C)c1cccc(N)c1)C(C)C. The molecule has 1 amide bonds. The molecule has 1 aromatic rings. The Kier molecular flexibility index (Phi) is 5.20. The highest BCUT2D eigenvalue weighted by molar-refractivity contribution is 5.83. The quantitative estimate of drug-likeness (QED) is 0.787. The van der Waals surface area contributed by atoms with E-state index in [0.717, 1.165) is 12.0 Å². The Balaban J connectivity index is 2.72. The van der Waals surface area contributed by atoms with Gasteiger partial charge in [0.1, 0.15) is 0 Å². The minimum Gasteiger partial charge on any atom is -0.399 e. The van der Waals surface area contributed by atoms with Gasteiger partial charge in [-0.05, 0) is 37.0 Å². The third-order valence-corrected chi connectivity index (χ3v) is 3.38. The molecule has 0 spiro atoms. The van der Waals surface area contributed by atoms with Crippen LogP contribution < -0.4 is 11.1 Å². The Bertz CT molecular complexity index is 401. The number of benzene rings is 1. The van der Waals surface area contributed by atoms with E-state index in [1.165, 1.54) is 0 Å². The first kappa shape index (κ1) is 14.6. The standard InChI is InChI=1S/C15H24N2O/c1-5-14(10(2)3)17-15(18)11(4)12-7-6-8-13(16)9-12/h6-11,14H,5,16H2,1-4H3,(H,17,18). The maximum Gasteiger partial charge on any atom is 0.227 e. The lowest BCUT2D eigenvalue weighted by molar-refractivity contribution is -0.123. The van der Waals surface area contributed by atoms with Crippen molar-refractivity contribution in [3.05, 3.63) is 29.8 Å². The van der Waals surface area contributed by atoms with Crippen LogP contribution in [-0.2, 0) is 4.79 Å². The van der Waals surface area contributed by atoms with Crippen LogP contribution >= 0.6 is 0 Å². The minimum absolute atomic E-state index is 0.0705. The fourth-order valence-corrected chi connectivity index (χ4v) is 2.03. The first-order chi connectivity index (χ1) is 8.45. The number of nitrogen functional groups attached to an aromatic ring is 1. The van der Waals surface area contributed by atoms with Gasteiger partial charge in [-0.15, -0.1) is 0 Å². The maximum atomic E-state index is 12.2. The van der Waals surface area contributed by atoms with Crippen molar-refractivity contribution in [2.45, 2.75) is 46.1 Å². The lowest BCUT2D eigenvalue weighted by Crippen LogP contribution is -2.40. The Morgan fingerprint density at radius 2 is 2.00 bits per heavy atom. The van der Waals surface area contributed by atoms with E-state index < -0.39 is 0 Å². The van der Waals surface area contributed by atoms with Crippen LogP contribution in [0.25, 0.3) is 0 Å². The Hall–Kier alpha value is -1.51. The second kappa shape index (κ2) is 6.43. The molecule has 1 rings (SSSR count). The molecule has 3 heteroatoms. The van der Waals surface area contributed by atoms with Crippen LogP contribution in [0.1, 0.15) is 45.6 Å². The van der Waals surface area contributed by atoms with E-state index in [9.17, 15) is 4.79 Å². The summed E-state index contributed by atoms with van der Waals surface area (Å²) in [4.78, 5) is 12.2. The molecule has 0 aliphatic rings. The number of rotatable bonds is 5. The van der Waals surface area contributed by atoms with E-state index in [4.69, 9.17) is 5.73 Å². The number of anilines is 1. The van der Waals surface area contributed by atoms with Crippen LogP contribution in [0.3, 0.4) is 0 Å². The Labute approximate surface area is 110 Å². The predicted octanol–water partition coefficient (Wildman–Crippen LogP) is 2.92. The van der Waals surface area contributed by atoms with Crippen LogP contribution in [0.2, 0.25) is 0 Å². The van der Waals surface area contributed by atoms with Crippen molar-refractivity contribution in [1.82, 2.24) is 5.32 Å². The molecule has 0 saturated heterocycles. The van der Waals surface area contributed by atoms with Crippen molar-refractivity contribution >= 4 is 11.6 Å². The summed E-state index contributed by atoms with van der Waals surface area (Å²) < 4.78 is 0. The molecule has 2 atom stereocenters. The molecule has 2 unspecified atom stereocenters. The van der Waals surface area contributed by atoms with E-state index in [-0.39, 0.29) is 17.9 Å². The van der Waals surface area contributed by atoms with Crippen LogP contribution in [-0.4, -0.2) is 11.9 Å². The second-order valence-electron chi connectivity index (χ2n) is 5.16. The lowest BCUT2D eigenvalue weighted by Gasteiger charge is -2.23. The summed E-state index contributed by atoms with van der Waals surface area (Å²) in [7, 11) is 0. The minimum atomic E-state index is -0.165. The summed E-state index contributed by atoms with van der Waals surface area (Å²) in [5.74, 6) is 0.356. The first-order valence-electron chi connectivity index (χ1n) is 6.61. The summed E-state index contributed by atoms with van der Waals surface area (Å²) in [5.41, 5.74) is 7.40. The molecule has 0 aliphatic carbocycles. The van der Waals surface area contributed by atoms with Gasteiger partial charge < -0.3 is 11.1 Å². The summed E-state index contributed by atoms with van der Waals surface area (Å²) in [6, 6.07) is 7.75. The number of nitrogens with one attached hydrogen (secondary N) is 1. The zero-order chi connectivity index (χ0) is 13.7. The van der Waals surface area contributed by atoms with Gasteiger partial charge >= 0.3 is 0 Å². The molecule has 3 nitrogen and oxygen atoms in total. The smallest absolute Gasteiger partial charge is 0.227 e. The van der Waals surface area contributed by atoms with E-state index in [2.05, 4.69) is 26.1 Å². The van der Waals surface area contributed by atoms with E-state index >= 15 is 0 Å². The molecule has 18 heavy (non-hydrogen) atoms. The van der Waals surface area contributed by atoms with Gasteiger partial charge in [0.05, 0.1) is 5.92 Å². The average Bonchev–Trinajstić information content (AvgIpc) is 2.34. The fourth-order valence-electron chi connectivity index (χ4n) is 2.03. The van der Waals surface area contributed by atoms with Crippen LogP contribution in [0.15, 0.2) is 24.3 Å². The zero-order valence-electron chi connectivity index (χ0n) is 11.7. The summed E-state index contributed by atoms with van der Waals surface area (Å²) >= 11 is 0. The molecule has 0 aromatic heterocycles. The Morgan fingerprint density at radius 1 is 1.33 bits per heavy atom. The van der Waals surface area contributed by atoms with E-state index in [0.29, 0.717) is 11.6 Å². The van der Waals surface area contributed by atoms with Gasteiger partial charge in [0.15, 0.2) is 0 Å². The molecule has 0 radical (unpaired) electrons. The summed E-state index contributed by atoms with van der Waals surface area (Å²) in [6.45, 7) is 8.26. The van der Waals surface area contributed by atoms with Gasteiger partial charge in [-0.2, -0.15) is 0 Å². The van der Waals surface area contributed by atoms with Crippen molar-refractivity contribution in [2.24, 2.45) is 5.92 Å². The molecule has 0 bridgehead atoms. The van der Waals surface area contributed by atoms with Crippen molar-refractivity contribution in [3.8, 4) is 0 Å². The molecule has 1 aromatic carbocycles. The van der Waals surface area contributed by atoms with E-state index in [1.807, 2.05) is 31.2 Å². The fraction of sp³-hybridized carbons (Fsp3) is 0.533. The number of carbonyl (C=O) groups excluding carboxylic acids is 1. The molecule has 3 N–H and O–H groups in total. The highest BCUT2D eigenvalue weighted by Gasteiger charge is 2.20. The van der Waals surface area contributed by atoms with Gasteiger partial charge in [0, 0.05) is 11.7 Å². The van der Waals surface area contributed by atoms with Crippen LogP contribution in [0.5, 0.6) is 0 Å². The second-order valence-corrected chi connectivity index (χ2v) is 5.16. The monoisotopic (exact) mass is 248 g/mol. The molecule has 100 valence electrons. The highest BCUT2D eigenvalue weighted by atomic mass is 16.1. The van der Waals surface area contributed by atoms with Gasteiger partial charge in [0.2, 0.25) is 5.91 Å². The first-order valence-corrected chi connectivity index (χ1v) is 6.61. The third kappa shape index (κ3) is 3.76. The summed E-state index contributed by atoms with van der Waals surface area (Å²) in [6.07, 6.45) is 0.951. The molecule has 0 aliphatic heterocycles. The van der Waals surface area contributed by atoms with Crippen molar-refractivity contribution in [1.29, 1.82) is 0 Å². The van der Waals surface area contributed by atoms with Gasteiger partial charge in [-0.25, -0.2) is 0 Å². The summed E-state index contributed by atoms with van der Waals surface area (Å²) in [5, 5.41) is 3.10. The molecule has 0 heterocycles. The molecular weight excluding hydrogens is 224 g/mol. The largest absolute Gasteiger partial charge is 0.399 e. The molecule has 0 saturated carbocycles. The molecule has 0 fully saturated rings. The maximum absolute atomic E-state index is 12.2. The normalized spacial score (nSPS) is 14.3.